The van der Waals surface area contributed by atoms with Crippen LogP contribution in [0.5, 0.6) is 5.75 Å². The standard InChI is InChI=1S/C24H30ClFN2O3S/c1-5-16(2)27-24(30)17(3)28(13-18-8-6-9-19(12-18)31-4)23(29)15-32-14-20-21(25)10-7-11-22(20)26/h6-12,16-17H,5,13-15H2,1-4H3,(H,27,30)/t16-,17-/m1/s1. The summed E-state index contributed by atoms with van der Waals surface area (Å²) in [5, 5.41) is 3.27. The van der Waals surface area contributed by atoms with Gasteiger partial charge in [0.2, 0.25) is 11.8 Å². The molecule has 2 aromatic rings. The van der Waals surface area contributed by atoms with Gasteiger partial charge < -0.3 is 15.0 Å². The Morgan fingerprint density at radius 2 is 1.94 bits per heavy atom. The van der Waals surface area contributed by atoms with E-state index in [-0.39, 0.29) is 35.9 Å². The molecule has 2 amide bonds. The molecule has 0 aromatic heterocycles. The van der Waals surface area contributed by atoms with Crippen molar-refractivity contribution in [3.05, 3.63) is 64.4 Å². The van der Waals surface area contributed by atoms with Gasteiger partial charge in [-0.3, -0.25) is 9.59 Å². The zero-order valence-electron chi connectivity index (χ0n) is 18.9. The van der Waals surface area contributed by atoms with Crippen LogP contribution in [0.25, 0.3) is 0 Å². The lowest BCUT2D eigenvalue weighted by atomic mass is 10.1. The van der Waals surface area contributed by atoms with Crippen LogP contribution < -0.4 is 10.1 Å². The average molecular weight is 481 g/mol. The number of amides is 2. The Morgan fingerprint density at radius 1 is 1.22 bits per heavy atom. The second-order valence-corrected chi connectivity index (χ2v) is 8.95. The molecule has 1 N–H and O–H groups in total. The zero-order valence-corrected chi connectivity index (χ0v) is 20.4. The third-order valence-corrected chi connectivity index (χ3v) is 6.49. The second-order valence-electron chi connectivity index (χ2n) is 7.56. The first-order valence-corrected chi connectivity index (χ1v) is 12.0. The smallest absolute Gasteiger partial charge is 0.242 e. The van der Waals surface area contributed by atoms with E-state index in [1.807, 2.05) is 38.1 Å². The molecule has 2 rings (SSSR count). The maximum Gasteiger partial charge on any atom is 0.242 e. The number of nitrogens with zero attached hydrogens (tertiary/aromatic N) is 1. The maximum absolute atomic E-state index is 14.0. The zero-order chi connectivity index (χ0) is 23.7. The molecule has 8 heteroatoms. The molecule has 0 unspecified atom stereocenters. The fourth-order valence-corrected chi connectivity index (χ4v) is 4.26. The molecule has 0 aliphatic heterocycles. The second kappa shape index (κ2) is 12.7. The summed E-state index contributed by atoms with van der Waals surface area (Å²) < 4.78 is 19.3. The van der Waals surface area contributed by atoms with Crippen LogP contribution in [-0.2, 0) is 21.9 Å². The van der Waals surface area contributed by atoms with Gasteiger partial charge in [-0.15, -0.1) is 11.8 Å². The lowest BCUT2D eigenvalue weighted by molar-refractivity contribution is -0.138. The van der Waals surface area contributed by atoms with E-state index < -0.39 is 11.9 Å². The van der Waals surface area contributed by atoms with Crippen molar-refractivity contribution in [3.8, 4) is 5.75 Å². The van der Waals surface area contributed by atoms with Gasteiger partial charge in [-0.05, 0) is 50.1 Å². The van der Waals surface area contributed by atoms with E-state index in [1.54, 1.807) is 31.1 Å². The fourth-order valence-electron chi connectivity index (χ4n) is 3.01. The first-order valence-electron chi connectivity index (χ1n) is 10.5. The minimum atomic E-state index is -0.666. The highest BCUT2D eigenvalue weighted by Crippen LogP contribution is 2.24. The largest absolute Gasteiger partial charge is 0.497 e. The molecule has 0 bridgehead atoms. The number of rotatable bonds is 11. The predicted octanol–water partition coefficient (Wildman–Crippen LogP) is 5.05. The number of carbonyl (C=O) groups is 2. The molecule has 0 saturated carbocycles. The van der Waals surface area contributed by atoms with Crippen LogP contribution in [-0.4, -0.2) is 41.7 Å². The summed E-state index contributed by atoms with van der Waals surface area (Å²) >= 11 is 7.35. The van der Waals surface area contributed by atoms with Crippen LogP contribution in [0, 0.1) is 5.82 Å². The Balaban J connectivity index is 2.14. The maximum atomic E-state index is 14.0. The molecule has 5 nitrogen and oxygen atoms in total. The van der Waals surface area contributed by atoms with Crippen molar-refractivity contribution in [2.45, 2.75) is 51.6 Å². The van der Waals surface area contributed by atoms with Gasteiger partial charge in [0.25, 0.3) is 0 Å². The van der Waals surface area contributed by atoms with Crippen LogP contribution in [0.2, 0.25) is 5.02 Å². The van der Waals surface area contributed by atoms with Crippen LogP contribution in [0.3, 0.4) is 0 Å². The van der Waals surface area contributed by atoms with Gasteiger partial charge >= 0.3 is 0 Å². The van der Waals surface area contributed by atoms with Crippen molar-refractivity contribution in [1.82, 2.24) is 10.2 Å². The SMILES string of the molecule is CC[C@@H](C)NC(=O)[C@@H](C)N(Cc1cccc(OC)c1)C(=O)CSCc1c(F)cccc1Cl. The molecule has 2 atom stereocenters. The molecule has 2 aromatic carbocycles. The molecule has 0 fully saturated rings. The summed E-state index contributed by atoms with van der Waals surface area (Å²) in [5.41, 5.74) is 1.22. The van der Waals surface area contributed by atoms with Gasteiger partial charge in [-0.25, -0.2) is 4.39 Å². The Bertz CT molecular complexity index is 908. The third kappa shape index (κ3) is 7.41. The highest BCUT2D eigenvalue weighted by molar-refractivity contribution is 7.99. The molecule has 0 saturated heterocycles. The van der Waals surface area contributed by atoms with Gasteiger partial charge in [0.15, 0.2) is 0 Å². The first-order chi connectivity index (χ1) is 15.3. The Labute approximate surface area is 198 Å². The summed E-state index contributed by atoms with van der Waals surface area (Å²) in [4.78, 5) is 27.4. The minimum Gasteiger partial charge on any atom is -0.497 e. The van der Waals surface area contributed by atoms with Crippen molar-refractivity contribution in [3.63, 3.8) is 0 Å². The van der Waals surface area contributed by atoms with Gasteiger partial charge in [0.05, 0.1) is 12.9 Å². The monoisotopic (exact) mass is 480 g/mol. The molecule has 0 radical (unpaired) electrons. The van der Waals surface area contributed by atoms with Crippen LogP contribution in [0.15, 0.2) is 42.5 Å². The topological polar surface area (TPSA) is 58.6 Å². The van der Waals surface area contributed by atoms with Gasteiger partial charge in [0, 0.05) is 28.9 Å². The van der Waals surface area contributed by atoms with Gasteiger partial charge in [0.1, 0.15) is 17.6 Å². The van der Waals surface area contributed by atoms with Crippen molar-refractivity contribution in [1.29, 1.82) is 0 Å². The summed E-state index contributed by atoms with van der Waals surface area (Å²) in [6, 6.07) is 11.2. The van der Waals surface area contributed by atoms with E-state index in [4.69, 9.17) is 16.3 Å². The summed E-state index contributed by atoms with van der Waals surface area (Å²) in [7, 11) is 1.58. The van der Waals surface area contributed by atoms with Crippen molar-refractivity contribution >= 4 is 35.2 Å². The van der Waals surface area contributed by atoms with E-state index in [2.05, 4.69) is 5.32 Å². The lowest BCUT2D eigenvalue weighted by Crippen LogP contribution is -2.50. The number of carbonyl (C=O) groups excluding carboxylic acids is 2. The van der Waals surface area contributed by atoms with Crippen molar-refractivity contribution < 1.29 is 18.7 Å². The highest BCUT2D eigenvalue weighted by Gasteiger charge is 2.27. The number of hydrogen-bond donors (Lipinski definition) is 1. The number of halogens is 2. The van der Waals surface area contributed by atoms with Crippen LogP contribution >= 0.6 is 23.4 Å². The van der Waals surface area contributed by atoms with Crippen LogP contribution in [0.4, 0.5) is 4.39 Å². The number of nitrogens with one attached hydrogen (secondary N) is 1. The van der Waals surface area contributed by atoms with E-state index >= 15 is 0 Å². The Kier molecular flexibility index (Phi) is 10.3. The average Bonchev–Trinajstić information content (AvgIpc) is 2.78. The summed E-state index contributed by atoms with van der Waals surface area (Å²) in [6.07, 6.45) is 0.793. The summed E-state index contributed by atoms with van der Waals surface area (Å²) in [6.45, 7) is 5.88. The molecule has 174 valence electrons. The molecule has 0 aliphatic rings. The van der Waals surface area contributed by atoms with Crippen LogP contribution in [0.1, 0.15) is 38.3 Å². The number of thioether (sulfide) groups is 1. The number of ether oxygens (including phenoxy) is 1. The van der Waals surface area contributed by atoms with Gasteiger partial charge in [-0.1, -0.05) is 36.7 Å². The predicted molar refractivity (Wildman–Crippen MR) is 128 cm³/mol. The van der Waals surface area contributed by atoms with E-state index in [1.165, 1.54) is 17.8 Å². The quantitative estimate of drug-likeness (QED) is 0.488. The van der Waals surface area contributed by atoms with Crippen molar-refractivity contribution in [2.75, 3.05) is 12.9 Å². The van der Waals surface area contributed by atoms with Crippen molar-refractivity contribution in [2.24, 2.45) is 0 Å². The Morgan fingerprint density at radius 3 is 2.59 bits per heavy atom. The third-order valence-electron chi connectivity index (χ3n) is 5.19. The first kappa shape index (κ1) is 26.0. The molecular weight excluding hydrogens is 451 g/mol. The van der Waals surface area contributed by atoms with E-state index in [0.717, 1.165) is 12.0 Å². The molecule has 0 aliphatic carbocycles. The molecular formula is C24H30ClFN2O3S. The highest BCUT2D eigenvalue weighted by atomic mass is 35.5. The summed E-state index contributed by atoms with van der Waals surface area (Å²) in [5.74, 6) is 0.213. The molecule has 32 heavy (non-hydrogen) atoms. The Hall–Kier alpha value is -2.25. The minimum absolute atomic E-state index is 0.0105. The van der Waals surface area contributed by atoms with E-state index in [9.17, 15) is 14.0 Å². The molecule has 0 spiro atoms. The fraction of sp³-hybridized carbons (Fsp3) is 0.417. The molecule has 0 heterocycles. The normalized spacial score (nSPS) is 12.7. The van der Waals surface area contributed by atoms with Gasteiger partial charge in [-0.2, -0.15) is 0 Å². The van der Waals surface area contributed by atoms with E-state index in [0.29, 0.717) is 16.3 Å². The lowest BCUT2D eigenvalue weighted by Gasteiger charge is -2.29. The number of hydrogen-bond acceptors (Lipinski definition) is 4. The number of methoxy groups -OCH3 is 1. The number of benzene rings is 2.